The molecule has 0 N–H and O–H groups in total. The molecule has 0 radical (unpaired) electrons. The maximum atomic E-state index is 13.1. The maximum absolute atomic E-state index is 13.1. The molecular weight excluding hydrogens is 556 g/mol. The first-order valence-corrected chi connectivity index (χ1v) is 12.9. The summed E-state index contributed by atoms with van der Waals surface area (Å²) < 4.78 is 6.47. The fourth-order valence-electron chi connectivity index (χ4n) is 4.03. The summed E-state index contributed by atoms with van der Waals surface area (Å²) in [5.41, 5.74) is 2.31. The second-order valence-electron chi connectivity index (χ2n) is 8.31. The molecule has 4 aromatic carbocycles. The van der Waals surface area contributed by atoms with Crippen LogP contribution in [-0.2, 0) is 17.9 Å². The maximum Gasteiger partial charge on any atom is 0.293 e. The molecule has 0 bridgehead atoms. The molecule has 0 aromatic heterocycles. The number of benzene rings is 4. The Morgan fingerprint density at radius 3 is 2.57 bits per heavy atom. The molecule has 0 spiro atoms. The number of nitrogens with zero attached hydrogens (tertiary/aromatic N) is 2. The number of carbonyl (C=O) groups is 2. The molecule has 0 saturated carbocycles. The minimum Gasteiger partial charge on any atom is -0.488 e. The normalized spacial score (nSPS) is 14.5. The lowest BCUT2D eigenvalue weighted by molar-refractivity contribution is -0.384. The van der Waals surface area contributed by atoms with Crippen molar-refractivity contribution < 1.29 is 19.2 Å². The number of ether oxygens (including phenoxy) is 1. The largest absolute Gasteiger partial charge is 0.488 e. The molecule has 2 amide bonds. The standard InChI is InChI=1S/C28H19BrN2O5S/c29-24-14-18(11-12-25(24)36-17-19-5-3-9-22(13-19)31(34)35)15-26-27(32)30(28(33)37-26)16-21-8-4-7-20-6-1-2-10-23(20)21/h1-15H,16-17H2/b26-15+. The molecule has 184 valence electrons. The Balaban J connectivity index is 1.29. The van der Waals surface area contributed by atoms with Gasteiger partial charge in [0.2, 0.25) is 0 Å². The van der Waals surface area contributed by atoms with Gasteiger partial charge >= 0.3 is 0 Å². The van der Waals surface area contributed by atoms with E-state index in [4.69, 9.17) is 4.74 Å². The quantitative estimate of drug-likeness (QED) is 0.130. The number of non-ortho nitro benzene ring substituents is 1. The molecule has 0 aliphatic carbocycles. The highest BCUT2D eigenvalue weighted by Gasteiger charge is 2.35. The molecule has 1 fully saturated rings. The van der Waals surface area contributed by atoms with Gasteiger partial charge in [0.1, 0.15) is 12.4 Å². The Labute approximate surface area is 225 Å². The number of carbonyl (C=O) groups excluding carboxylic acids is 2. The number of imide groups is 1. The van der Waals surface area contributed by atoms with Crippen LogP contribution in [-0.4, -0.2) is 21.0 Å². The number of thioether (sulfide) groups is 1. The van der Waals surface area contributed by atoms with Crippen LogP contribution in [0.3, 0.4) is 0 Å². The van der Waals surface area contributed by atoms with Crippen LogP contribution in [0.25, 0.3) is 16.8 Å². The molecule has 37 heavy (non-hydrogen) atoms. The fraction of sp³-hybridized carbons (Fsp3) is 0.0714. The highest BCUT2D eigenvalue weighted by Crippen LogP contribution is 2.35. The molecule has 1 heterocycles. The number of fused-ring (bicyclic) bond motifs is 1. The first-order valence-electron chi connectivity index (χ1n) is 11.3. The number of amides is 2. The summed E-state index contributed by atoms with van der Waals surface area (Å²) in [6, 6.07) is 25.3. The van der Waals surface area contributed by atoms with Crippen molar-refractivity contribution in [3.05, 3.63) is 121 Å². The molecule has 0 atom stereocenters. The van der Waals surface area contributed by atoms with Gasteiger partial charge in [0.25, 0.3) is 16.8 Å². The summed E-state index contributed by atoms with van der Waals surface area (Å²) >= 11 is 4.40. The Morgan fingerprint density at radius 1 is 0.973 bits per heavy atom. The van der Waals surface area contributed by atoms with E-state index in [9.17, 15) is 19.7 Å². The van der Waals surface area contributed by atoms with Gasteiger partial charge < -0.3 is 4.74 Å². The van der Waals surface area contributed by atoms with Crippen molar-refractivity contribution in [2.75, 3.05) is 0 Å². The van der Waals surface area contributed by atoms with Crippen molar-refractivity contribution in [1.82, 2.24) is 4.90 Å². The van der Waals surface area contributed by atoms with Crippen molar-refractivity contribution in [3.63, 3.8) is 0 Å². The number of halogens is 1. The summed E-state index contributed by atoms with van der Waals surface area (Å²) in [5, 5.41) is 12.7. The van der Waals surface area contributed by atoms with E-state index in [1.807, 2.05) is 42.5 Å². The van der Waals surface area contributed by atoms with Gasteiger partial charge in [0.05, 0.1) is 20.8 Å². The number of rotatable bonds is 7. The molecule has 1 aliphatic rings. The lowest BCUT2D eigenvalue weighted by atomic mass is 10.0. The minimum absolute atomic E-state index is 0.00455. The predicted octanol–water partition coefficient (Wildman–Crippen LogP) is 7.33. The zero-order valence-electron chi connectivity index (χ0n) is 19.3. The van der Waals surface area contributed by atoms with E-state index >= 15 is 0 Å². The van der Waals surface area contributed by atoms with Crippen molar-refractivity contribution >= 4 is 61.4 Å². The van der Waals surface area contributed by atoms with Gasteiger partial charge in [-0.15, -0.1) is 0 Å². The van der Waals surface area contributed by atoms with Gasteiger partial charge in [-0.3, -0.25) is 24.6 Å². The average molecular weight is 575 g/mol. The van der Waals surface area contributed by atoms with Crippen molar-refractivity contribution in [1.29, 1.82) is 0 Å². The second kappa shape index (κ2) is 10.6. The monoisotopic (exact) mass is 574 g/mol. The third kappa shape index (κ3) is 5.42. The third-order valence-corrected chi connectivity index (χ3v) is 7.38. The molecule has 5 rings (SSSR count). The second-order valence-corrected chi connectivity index (χ2v) is 10.2. The minimum atomic E-state index is -0.446. The van der Waals surface area contributed by atoms with E-state index in [1.165, 1.54) is 17.0 Å². The van der Waals surface area contributed by atoms with Crippen molar-refractivity contribution in [2.24, 2.45) is 0 Å². The number of nitro benzene ring substituents is 1. The lowest BCUT2D eigenvalue weighted by Crippen LogP contribution is -2.27. The van der Waals surface area contributed by atoms with Crippen LogP contribution in [0.2, 0.25) is 0 Å². The Kier molecular flexibility index (Phi) is 7.07. The SMILES string of the molecule is O=C1S/C(=C/c2ccc(OCc3cccc([N+](=O)[O-])c3)c(Br)c2)C(=O)N1Cc1cccc2ccccc12. The topological polar surface area (TPSA) is 89.7 Å². The van der Waals surface area contributed by atoms with Crippen LogP contribution in [0.4, 0.5) is 10.5 Å². The van der Waals surface area contributed by atoms with Crippen LogP contribution >= 0.6 is 27.7 Å². The highest BCUT2D eigenvalue weighted by atomic mass is 79.9. The van der Waals surface area contributed by atoms with Gasteiger partial charge in [-0.05, 0) is 73.4 Å². The Hall–Kier alpha value is -3.95. The third-order valence-electron chi connectivity index (χ3n) is 5.85. The summed E-state index contributed by atoms with van der Waals surface area (Å²) in [7, 11) is 0. The van der Waals surface area contributed by atoms with E-state index in [0.29, 0.717) is 20.7 Å². The summed E-state index contributed by atoms with van der Waals surface area (Å²) in [4.78, 5) is 37.9. The zero-order valence-corrected chi connectivity index (χ0v) is 21.7. The first kappa shape index (κ1) is 24.7. The molecule has 1 saturated heterocycles. The predicted molar refractivity (Wildman–Crippen MR) is 147 cm³/mol. The summed E-state index contributed by atoms with van der Waals surface area (Å²) in [6.07, 6.45) is 1.68. The number of nitro groups is 1. The first-order chi connectivity index (χ1) is 17.9. The van der Waals surface area contributed by atoms with Crippen LogP contribution < -0.4 is 4.74 Å². The summed E-state index contributed by atoms with van der Waals surface area (Å²) in [5.74, 6) is 0.220. The highest BCUT2D eigenvalue weighted by molar-refractivity contribution is 9.10. The average Bonchev–Trinajstić information content (AvgIpc) is 3.16. The van der Waals surface area contributed by atoms with Gasteiger partial charge in [0.15, 0.2) is 0 Å². The van der Waals surface area contributed by atoms with Crippen LogP contribution in [0, 0.1) is 10.1 Å². The lowest BCUT2D eigenvalue weighted by Gasteiger charge is -2.14. The Morgan fingerprint density at radius 2 is 1.76 bits per heavy atom. The van der Waals surface area contributed by atoms with Gasteiger partial charge in [-0.1, -0.05) is 60.7 Å². The van der Waals surface area contributed by atoms with Crippen molar-refractivity contribution in [3.8, 4) is 5.75 Å². The van der Waals surface area contributed by atoms with Gasteiger partial charge in [-0.2, -0.15) is 0 Å². The molecular formula is C28H19BrN2O5S. The van der Waals surface area contributed by atoms with Gasteiger partial charge in [0, 0.05) is 12.1 Å². The Bertz CT molecular complexity index is 1580. The molecule has 0 unspecified atom stereocenters. The number of hydrogen-bond donors (Lipinski definition) is 0. The van der Waals surface area contributed by atoms with Crippen molar-refractivity contribution in [2.45, 2.75) is 13.2 Å². The smallest absolute Gasteiger partial charge is 0.293 e. The summed E-state index contributed by atoms with van der Waals surface area (Å²) in [6.45, 7) is 0.365. The van der Waals surface area contributed by atoms with E-state index in [0.717, 1.165) is 33.7 Å². The van der Waals surface area contributed by atoms with E-state index in [-0.39, 0.29) is 30.0 Å². The molecule has 1 aliphatic heterocycles. The fourth-order valence-corrected chi connectivity index (χ4v) is 5.38. The zero-order chi connectivity index (χ0) is 25.9. The van der Waals surface area contributed by atoms with Gasteiger partial charge in [-0.25, -0.2) is 0 Å². The molecule has 9 heteroatoms. The number of hydrogen-bond acceptors (Lipinski definition) is 6. The van der Waals surface area contributed by atoms with E-state index in [1.54, 1.807) is 36.4 Å². The molecule has 7 nitrogen and oxygen atoms in total. The molecule has 4 aromatic rings. The van der Waals surface area contributed by atoms with E-state index < -0.39 is 4.92 Å². The van der Waals surface area contributed by atoms with Crippen LogP contribution in [0.5, 0.6) is 5.75 Å². The van der Waals surface area contributed by atoms with Crippen LogP contribution in [0.1, 0.15) is 16.7 Å². The van der Waals surface area contributed by atoms with E-state index in [2.05, 4.69) is 15.9 Å². The van der Waals surface area contributed by atoms with Crippen LogP contribution in [0.15, 0.2) is 94.3 Å².